The second kappa shape index (κ2) is 5.29. The van der Waals surface area contributed by atoms with Crippen LogP contribution < -0.4 is 0 Å². The lowest BCUT2D eigenvalue weighted by Crippen LogP contribution is -2.37. The lowest BCUT2D eigenvalue weighted by molar-refractivity contribution is -0.137. The molecule has 22 heavy (non-hydrogen) atoms. The fourth-order valence-corrected chi connectivity index (χ4v) is 3.63. The summed E-state index contributed by atoms with van der Waals surface area (Å²) in [6.45, 7) is 1.80. The Balaban J connectivity index is 2.10. The van der Waals surface area contributed by atoms with Crippen LogP contribution in [-0.2, 0) is 11.2 Å². The van der Waals surface area contributed by atoms with E-state index in [1.807, 2.05) is 18.2 Å². The topological polar surface area (TPSA) is 77.8 Å². The molecule has 0 aliphatic heterocycles. The maximum absolute atomic E-state index is 10.9. The van der Waals surface area contributed by atoms with E-state index in [2.05, 4.69) is 0 Å². The SMILES string of the molecule is C[C@]1(O)CCc2c(ccc3cc(O)ccc23)[C@@H]1CCC(=O)O. The minimum absolute atomic E-state index is 0.0495. The summed E-state index contributed by atoms with van der Waals surface area (Å²) in [6.07, 6.45) is 1.85. The summed E-state index contributed by atoms with van der Waals surface area (Å²) in [7, 11) is 0. The van der Waals surface area contributed by atoms with Crippen LogP contribution in [0, 0.1) is 0 Å². The van der Waals surface area contributed by atoms with Crippen molar-refractivity contribution in [1.29, 1.82) is 0 Å². The first kappa shape index (κ1) is 14.9. The lowest BCUT2D eigenvalue weighted by atomic mass is 9.70. The number of aryl methyl sites for hydroxylation is 1. The first-order valence-electron chi connectivity index (χ1n) is 7.57. The molecule has 2 aromatic carbocycles. The van der Waals surface area contributed by atoms with Crippen molar-refractivity contribution in [2.24, 2.45) is 0 Å². The average Bonchev–Trinajstić information content (AvgIpc) is 2.44. The van der Waals surface area contributed by atoms with Crippen LogP contribution in [-0.4, -0.2) is 26.9 Å². The van der Waals surface area contributed by atoms with E-state index in [-0.39, 0.29) is 18.1 Å². The van der Waals surface area contributed by atoms with Gasteiger partial charge < -0.3 is 15.3 Å². The van der Waals surface area contributed by atoms with E-state index in [0.29, 0.717) is 12.8 Å². The van der Waals surface area contributed by atoms with Crippen molar-refractivity contribution in [2.75, 3.05) is 0 Å². The third kappa shape index (κ3) is 2.55. The minimum Gasteiger partial charge on any atom is -0.508 e. The van der Waals surface area contributed by atoms with Crippen molar-refractivity contribution in [1.82, 2.24) is 0 Å². The van der Waals surface area contributed by atoms with Crippen LogP contribution in [0.15, 0.2) is 30.3 Å². The van der Waals surface area contributed by atoms with Crippen molar-refractivity contribution in [3.05, 3.63) is 41.5 Å². The van der Waals surface area contributed by atoms with Gasteiger partial charge in [0.1, 0.15) is 5.75 Å². The number of carbonyl (C=O) groups is 1. The Labute approximate surface area is 129 Å². The number of rotatable bonds is 3. The molecule has 2 atom stereocenters. The molecule has 0 saturated carbocycles. The molecular formula is C18H20O4. The standard InChI is InChI=1S/C18H20O4/c1-18(22)9-8-14-13-5-3-12(19)10-11(13)2-4-15(14)16(18)6-7-17(20)21/h2-5,10,16,19,22H,6-9H2,1H3,(H,20,21)/t16-,18-/m0/s1. The summed E-state index contributed by atoms with van der Waals surface area (Å²) < 4.78 is 0. The minimum atomic E-state index is -0.882. The van der Waals surface area contributed by atoms with Gasteiger partial charge in [-0.15, -0.1) is 0 Å². The van der Waals surface area contributed by atoms with E-state index in [1.54, 1.807) is 19.1 Å². The fourth-order valence-electron chi connectivity index (χ4n) is 3.63. The van der Waals surface area contributed by atoms with E-state index < -0.39 is 11.6 Å². The first-order chi connectivity index (χ1) is 10.4. The number of benzene rings is 2. The van der Waals surface area contributed by atoms with E-state index in [9.17, 15) is 15.0 Å². The van der Waals surface area contributed by atoms with E-state index >= 15 is 0 Å². The van der Waals surface area contributed by atoms with Crippen LogP contribution in [0.1, 0.15) is 43.2 Å². The molecule has 0 unspecified atom stereocenters. The number of aromatic hydroxyl groups is 1. The molecule has 2 aromatic rings. The fraction of sp³-hybridized carbons (Fsp3) is 0.389. The van der Waals surface area contributed by atoms with Crippen molar-refractivity contribution in [3.8, 4) is 5.75 Å². The highest BCUT2D eigenvalue weighted by Gasteiger charge is 2.38. The molecule has 0 aromatic heterocycles. The third-order valence-corrected chi connectivity index (χ3v) is 4.81. The summed E-state index contributed by atoms with van der Waals surface area (Å²) in [5.74, 6) is -0.781. The Morgan fingerprint density at radius 2 is 2.09 bits per heavy atom. The molecule has 3 rings (SSSR count). The molecule has 116 valence electrons. The van der Waals surface area contributed by atoms with Gasteiger partial charge in [0.2, 0.25) is 0 Å². The first-order valence-corrected chi connectivity index (χ1v) is 7.57. The third-order valence-electron chi connectivity index (χ3n) is 4.81. The van der Waals surface area contributed by atoms with Gasteiger partial charge in [-0.3, -0.25) is 4.79 Å². The van der Waals surface area contributed by atoms with Crippen molar-refractivity contribution >= 4 is 16.7 Å². The van der Waals surface area contributed by atoms with Crippen molar-refractivity contribution in [2.45, 2.75) is 44.1 Å². The van der Waals surface area contributed by atoms with Gasteiger partial charge in [-0.1, -0.05) is 18.2 Å². The Bertz CT molecular complexity index is 733. The smallest absolute Gasteiger partial charge is 0.303 e. The number of aliphatic carboxylic acids is 1. The number of carboxylic acids is 1. The second-order valence-corrected chi connectivity index (χ2v) is 6.38. The number of fused-ring (bicyclic) bond motifs is 3. The van der Waals surface area contributed by atoms with Crippen molar-refractivity contribution < 1.29 is 20.1 Å². The summed E-state index contributed by atoms with van der Waals surface area (Å²) in [5, 5.41) is 31.3. The Morgan fingerprint density at radius 3 is 2.82 bits per heavy atom. The number of hydrogen-bond donors (Lipinski definition) is 3. The molecule has 0 saturated heterocycles. The molecule has 0 radical (unpaired) electrons. The molecule has 4 heteroatoms. The van der Waals surface area contributed by atoms with E-state index in [0.717, 1.165) is 22.8 Å². The highest BCUT2D eigenvalue weighted by Crippen LogP contribution is 2.44. The zero-order chi connectivity index (χ0) is 15.9. The largest absolute Gasteiger partial charge is 0.508 e. The molecule has 0 bridgehead atoms. The number of hydrogen-bond acceptors (Lipinski definition) is 3. The summed E-state index contributed by atoms with van der Waals surface area (Å²) >= 11 is 0. The van der Waals surface area contributed by atoms with E-state index in [1.165, 1.54) is 5.56 Å². The zero-order valence-corrected chi connectivity index (χ0v) is 12.5. The Hall–Kier alpha value is -2.07. The maximum atomic E-state index is 10.9. The van der Waals surface area contributed by atoms with Gasteiger partial charge in [0.05, 0.1) is 5.60 Å². The zero-order valence-electron chi connectivity index (χ0n) is 12.5. The predicted molar refractivity (Wildman–Crippen MR) is 84.2 cm³/mol. The molecule has 3 N–H and O–H groups in total. The summed E-state index contributed by atoms with van der Waals surface area (Å²) in [4.78, 5) is 10.9. The molecule has 1 aliphatic rings. The molecule has 0 spiro atoms. The molecule has 0 fully saturated rings. The van der Waals surface area contributed by atoms with Crippen LogP contribution >= 0.6 is 0 Å². The second-order valence-electron chi connectivity index (χ2n) is 6.38. The van der Waals surface area contributed by atoms with Gasteiger partial charge >= 0.3 is 5.97 Å². The quantitative estimate of drug-likeness (QED) is 0.813. The van der Waals surface area contributed by atoms with Crippen LogP contribution in [0.2, 0.25) is 0 Å². The van der Waals surface area contributed by atoms with Gasteiger partial charge in [0, 0.05) is 12.3 Å². The van der Waals surface area contributed by atoms with Crippen LogP contribution in [0.3, 0.4) is 0 Å². The summed E-state index contributed by atoms with van der Waals surface area (Å²) in [5.41, 5.74) is 1.32. The van der Waals surface area contributed by atoms with Crippen molar-refractivity contribution in [3.63, 3.8) is 0 Å². The van der Waals surface area contributed by atoms with E-state index in [4.69, 9.17) is 5.11 Å². The highest BCUT2D eigenvalue weighted by molar-refractivity contribution is 5.88. The Kier molecular flexibility index (Phi) is 3.57. The van der Waals surface area contributed by atoms with Gasteiger partial charge in [0.15, 0.2) is 0 Å². The van der Waals surface area contributed by atoms with Gasteiger partial charge in [-0.05, 0) is 60.2 Å². The van der Waals surface area contributed by atoms with Crippen LogP contribution in [0.25, 0.3) is 10.8 Å². The van der Waals surface area contributed by atoms with Gasteiger partial charge in [-0.25, -0.2) is 0 Å². The lowest BCUT2D eigenvalue weighted by Gasteiger charge is -2.39. The average molecular weight is 300 g/mol. The number of carboxylic acid groups (broad SMARTS) is 1. The summed E-state index contributed by atoms with van der Waals surface area (Å²) in [6, 6.07) is 9.20. The molecule has 4 nitrogen and oxygen atoms in total. The monoisotopic (exact) mass is 300 g/mol. The van der Waals surface area contributed by atoms with Gasteiger partial charge in [0.25, 0.3) is 0 Å². The number of phenolic OH excluding ortho intramolecular Hbond substituents is 1. The van der Waals surface area contributed by atoms with Crippen LogP contribution in [0.4, 0.5) is 0 Å². The predicted octanol–water partition coefficient (Wildman–Crippen LogP) is 3.19. The number of aliphatic hydroxyl groups is 1. The maximum Gasteiger partial charge on any atom is 0.303 e. The molecule has 0 heterocycles. The normalized spacial score (nSPS) is 24.2. The molecule has 0 amide bonds. The highest BCUT2D eigenvalue weighted by atomic mass is 16.4. The Morgan fingerprint density at radius 1 is 1.32 bits per heavy atom. The molecule has 1 aliphatic carbocycles. The number of phenols is 1. The van der Waals surface area contributed by atoms with Crippen LogP contribution in [0.5, 0.6) is 5.75 Å². The van der Waals surface area contributed by atoms with Gasteiger partial charge in [-0.2, -0.15) is 0 Å². The molecular weight excluding hydrogens is 280 g/mol.